The average molecular weight is 448 g/mol. The van der Waals surface area contributed by atoms with Crippen molar-refractivity contribution in [2.45, 2.75) is 15.7 Å². The van der Waals surface area contributed by atoms with Crippen molar-refractivity contribution in [1.82, 2.24) is 0 Å². The first-order valence-corrected chi connectivity index (χ1v) is 12.7. The van der Waals surface area contributed by atoms with Crippen molar-refractivity contribution >= 4 is 56.8 Å². The minimum absolute atomic E-state index is 0.187. The van der Waals surface area contributed by atoms with Gasteiger partial charge >= 0.3 is 0 Å². The summed E-state index contributed by atoms with van der Waals surface area (Å²) in [6.45, 7) is 0.187. The normalized spacial score (nSPS) is 16.4. The summed E-state index contributed by atoms with van der Waals surface area (Å²) in [4.78, 5) is 2.74. The van der Waals surface area contributed by atoms with Crippen molar-refractivity contribution in [3.63, 3.8) is 0 Å². The molecule has 0 saturated heterocycles. The van der Waals surface area contributed by atoms with Gasteiger partial charge in [-0.3, -0.25) is 0 Å². The molecule has 34 heavy (non-hydrogen) atoms. The number of fused-ring (bicyclic) bond motifs is 11. The highest BCUT2D eigenvalue weighted by Gasteiger charge is 2.47. The van der Waals surface area contributed by atoms with Crippen LogP contribution in [0.1, 0.15) is 22.6 Å². The summed E-state index contributed by atoms with van der Waals surface area (Å²) in [7, 11) is 0. The smallest absolute Gasteiger partial charge is 0.249 e. The van der Waals surface area contributed by atoms with Gasteiger partial charge in [0.05, 0.1) is 0 Å². The molecule has 5 aromatic carbocycles. The molecule has 0 amide bonds. The molecule has 156 valence electrons. The van der Waals surface area contributed by atoms with Crippen LogP contribution in [0, 0.1) is 0 Å². The molecule has 0 fully saturated rings. The van der Waals surface area contributed by atoms with Gasteiger partial charge in [0.2, 0.25) is 6.71 Å². The Morgan fingerprint density at radius 3 is 2.44 bits per heavy atom. The summed E-state index contributed by atoms with van der Waals surface area (Å²) >= 11 is 1.91. The lowest BCUT2D eigenvalue weighted by atomic mass is 9.32. The van der Waals surface area contributed by atoms with Crippen LogP contribution in [0.2, 0.25) is 0 Å². The number of rotatable bonds is 0. The van der Waals surface area contributed by atoms with E-state index in [9.17, 15) is 0 Å². The Balaban J connectivity index is 1.54. The lowest BCUT2D eigenvalue weighted by molar-refractivity contribution is 0.670. The van der Waals surface area contributed by atoms with E-state index in [1.54, 1.807) is 0 Å². The molecule has 1 nitrogen and oxygen atoms in total. The second kappa shape index (κ2) is 6.05. The van der Waals surface area contributed by atoms with E-state index < -0.39 is 0 Å². The first-order valence-electron chi connectivity index (χ1n) is 11.9. The monoisotopic (exact) mass is 448 g/mol. The highest BCUT2D eigenvalue weighted by Crippen LogP contribution is 2.51. The molecular weight excluding hydrogens is 431 g/mol. The maximum Gasteiger partial charge on any atom is 0.249 e. The minimum atomic E-state index is 0.187. The highest BCUT2D eigenvalue weighted by atomic mass is 32.2. The van der Waals surface area contributed by atoms with Crippen LogP contribution in [0.4, 0.5) is 0 Å². The van der Waals surface area contributed by atoms with Crippen LogP contribution < -0.4 is 16.4 Å². The Bertz CT molecular complexity index is 1860. The van der Waals surface area contributed by atoms with E-state index in [0.717, 1.165) is 11.2 Å². The fraction of sp³-hybridized carbons (Fsp3) is 0.0323. The van der Waals surface area contributed by atoms with E-state index in [0.29, 0.717) is 0 Å². The lowest BCUT2D eigenvalue weighted by Crippen LogP contribution is -2.60. The van der Waals surface area contributed by atoms with Crippen molar-refractivity contribution in [3.05, 3.63) is 114 Å². The summed E-state index contributed by atoms with van der Waals surface area (Å²) in [5.74, 6) is 0.260. The highest BCUT2D eigenvalue weighted by molar-refractivity contribution is 8.00. The van der Waals surface area contributed by atoms with Crippen molar-refractivity contribution in [1.29, 1.82) is 0 Å². The zero-order valence-corrected chi connectivity index (χ0v) is 19.0. The van der Waals surface area contributed by atoms with Gasteiger partial charge in [-0.25, -0.2) is 0 Å². The molecule has 0 spiro atoms. The quantitative estimate of drug-likeness (QED) is 0.263. The molecule has 0 radical (unpaired) electrons. The molecule has 3 aliphatic rings. The lowest BCUT2D eigenvalue weighted by Gasteiger charge is -2.36. The van der Waals surface area contributed by atoms with Crippen LogP contribution in [-0.4, -0.2) is 6.71 Å². The molecule has 0 N–H and O–H groups in total. The minimum Gasteiger partial charge on any atom is -0.457 e. The predicted octanol–water partition coefficient (Wildman–Crippen LogP) is 6.04. The molecule has 3 heterocycles. The average Bonchev–Trinajstić information content (AvgIpc) is 3.42. The zero-order valence-electron chi connectivity index (χ0n) is 18.2. The largest absolute Gasteiger partial charge is 0.457 e. The summed E-state index contributed by atoms with van der Waals surface area (Å²) < 4.78 is 6.70. The van der Waals surface area contributed by atoms with E-state index in [2.05, 4.69) is 97.1 Å². The predicted molar refractivity (Wildman–Crippen MR) is 142 cm³/mol. The number of benzene rings is 5. The number of furan rings is 1. The van der Waals surface area contributed by atoms with Crippen molar-refractivity contribution in [2.75, 3.05) is 0 Å². The van der Waals surface area contributed by atoms with Crippen LogP contribution in [-0.2, 0) is 0 Å². The van der Waals surface area contributed by atoms with Crippen LogP contribution in [0.5, 0.6) is 0 Å². The molecule has 1 unspecified atom stereocenters. The zero-order chi connectivity index (χ0) is 22.0. The fourth-order valence-electron chi connectivity index (χ4n) is 6.79. The van der Waals surface area contributed by atoms with Crippen molar-refractivity contribution in [2.24, 2.45) is 0 Å². The molecule has 1 atom stereocenters. The molecule has 9 rings (SSSR count). The van der Waals surface area contributed by atoms with Gasteiger partial charge < -0.3 is 4.42 Å². The van der Waals surface area contributed by atoms with E-state index >= 15 is 0 Å². The SMILES string of the molecule is c1ccc2c(c1)Sc1cccc3c1B2c1c2c(cc4c1oc1ccccc14)-c1ccccc1C32. The Kier molecular flexibility index (Phi) is 3.16. The molecule has 3 heteroatoms. The van der Waals surface area contributed by atoms with Crippen LogP contribution >= 0.6 is 11.8 Å². The number of para-hydroxylation sites is 1. The first-order chi connectivity index (χ1) is 16.9. The Hall–Kier alpha value is -3.69. The summed E-state index contributed by atoms with van der Waals surface area (Å²) in [6, 6.07) is 35.7. The third-order valence-corrected chi connectivity index (χ3v) is 9.20. The molecule has 1 aromatic heterocycles. The fourth-order valence-corrected chi connectivity index (χ4v) is 7.97. The van der Waals surface area contributed by atoms with Crippen molar-refractivity contribution in [3.8, 4) is 11.1 Å². The Labute approximate surface area is 201 Å². The van der Waals surface area contributed by atoms with Crippen LogP contribution in [0.25, 0.3) is 33.1 Å². The van der Waals surface area contributed by atoms with E-state index in [1.807, 2.05) is 11.8 Å². The first kappa shape index (κ1) is 17.7. The van der Waals surface area contributed by atoms with Gasteiger partial charge in [-0.15, -0.1) is 0 Å². The maximum absolute atomic E-state index is 6.70. The van der Waals surface area contributed by atoms with Gasteiger partial charge in [-0.1, -0.05) is 95.5 Å². The third-order valence-electron chi connectivity index (χ3n) is 8.04. The van der Waals surface area contributed by atoms with Crippen LogP contribution in [0.15, 0.2) is 111 Å². The summed E-state index contributed by atoms with van der Waals surface area (Å²) in [5, 5.41) is 2.44. The number of hydrogen-bond donors (Lipinski definition) is 0. The molecule has 0 bridgehead atoms. The maximum atomic E-state index is 6.70. The van der Waals surface area contributed by atoms with Gasteiger partial charge in [0.1, 0.15) is 11.2 Å². The van der Waals surface area contributed by atoms with Crippen molar-refractivity contribution < 1.29 is 4.42 Å². The second-order valence-corrected chi connectivity index (χ2v) is 10.7. The van der Waals surface area contributed by atoms with Crippen LogP contribution in [0.3, 0.4) is 0 Å². The van der Waals surface area contributed by atoms with E-state index in [4.69, 9.17) is 4.42 Å². The van der Waals surface area contributed by atoms with Gasteiger partial charge in [0.15, 0.2) is 0 Å². The van der Waals surface area contributed by atoms with E-state index in [-0.39, 0.29) is 12.6 Å². The molecule has 1 aliphatic carbocycles. The van der Waals surface area contributed by atoms with Gasteiger partial charge in [-0.05, 0) is 57.5 Å². The Morgan fingerprint density at radius 2 is 1.44 bits per heavy atom. The Morgan fingerprint density at radius 1 is 0.647 bits per heavy atom. The topological polar surface area (TPSA) is 13.1 Å². The molecular formula is C31H17BOS. The van der Waals surface area contributed by atoms with E-state index in [1.165, 1.54) is 64.8 Å². The van der Waals surface area contributed by atoms with Gasteiger partial charge in [0.25, 0.3) is 0 Å². The number of hydrogen-bond acceptors (Lipinski definition) is 2. The molecule has 6 aromatic rings. The molecule has 0 saturated carbocycles. The second-order valence-electron chi connectivity index (χ2n) is 9.58. The summed E-state index contributed by atoms with van der Waals surface area (Å²) in [5.41, 5.74) is 13.3. The molecule has 2 aliphatic heterocycles. The summed E-state index contributed by atoms with van der Waals surface area (Å²) in [6.07, 6.45) is 0. The third kappa shape index (κ3) is 1.98. The van der Waals surface area contributed by atoms with Gasteiger partial charge in [0, 0.05) is 26.5 Å². The standard InChI is InChI=1S/C31H17BOS/c1-2-10-19-17(8-1)21-16-22-18-9-3-5-13-24(18)33-31(22)30-28(21)27(19)20-11-7-15-26-29(20)32(30)23-12-4-6-14-25(23)34-26/h1-16,27H. The van der Waals surface area contributed by atoms with Gasteiger partial charge in [-0.2, -0.15) is 0 Å².